The van der Waals surface area contributed by atoms with Gasteiger partial charge < -0.3 is 10.6 Å². The molecule has 1 unspecified atom stereocenters. The van der Waals surface area contributed by atoms with Crippen molar-refractivity contribution < 1.29 is 14.0 Å². The summed E-state index contributed by atoms with van der Waals surface area (Å²) < 4.78 is 13.4. The molecule has 0 spiro atoms. The summed E-state index contributed by atoms with van der Waals surface area (Å²) in [6.07, 6.45) is 0. The lowest BCUT2D eigenvalue weighted by Crippen LogP contribution is -2.47. The summed E-state index contributed by atoms with van der Waals surface area (Å²) in [5.74, 6) is -1.46. The number of aryl methyl sites for hydroxylation is 1. The van der Waals surface area contributed by atoms with Crippen LogP contribution >= 0.6 is 11.6 Å². The Kier molecular flexibility index (Phi) is 6.15. The van der Waals surface area contributed by atoms with Crippen molar-refractivity contribution in [3.63, 3.8) is 0 Å². The number of rotatable bonds is 5. The standard InChI is InChI=1S/C19H20ClFN2O2/c1-11(2)17(23-18(24)14-6-4-5-7-15(14)20)19(25)22-16-10-13(21)9-8-12(16)3/h4-11,17H,1-3H3,(H,22,25)(H,23,24). The molecule has 0 fully saturated rings. The molecule has 0 aliphatic heterocycles. The number of benzene rings is 2. The maximum atomic E-state index is 13.4. The van der Waals surface area contributed by atoms with Crippen LogP contribution in [0.2, 0.25) is 5.02 Å². The fraction of sp³-hybridized carbons (Fsp3) is 0.263. The molecular weight excluding hydrogens is 343 g/mol. The summed E-state index contributed by atoms with van der Waals surface area (Å²) in [5.41, 5.74) is 1.40. The molecule has 0 saturated heterocycles. The minimum atomic E-state index is -0.786. The van der Waals surface area contributed by atoms with Crippen molar-refractivity contribution in [2.45, 2.75) is 26.8 Å². The predicted octanol–water partition coefficient (Wildman–Crippen LogP) is 4.18. The zero-order valence-corrected chi connectivity index (χ0v) is 15.0. The van der Waals surface area contributed by atoms with Crippen molar-refractivity contribution in [1.82, 2.24) is 5.32 Å². The highest BCUT2D eigenvalue weighted by Crippen LogP contribution is 2.18. The van der Waals surface area contributed by atoms with E-state index in [1.807, 2.05) is 13.8 Å². The number of carbonyl (C=O) groups is 2. The molecule has 2 aromatic carbocycles. The number of hydrogen-bond donors (Lipinski definition) is 2. The van der Waals surface area contributed by atoms with Crippen LogP contribution in [0.4, 0.5) is 10.1 Å². The van der Waals surface area contributed by atoms with Crippen LogP contribution < -0.4 is 10.6 Å². The molecule has 1 atom stereocenters. The van der Waals surface area contributed by atoms with E-state index < -0.39 is 23.7 Å². The zero-order chi connectivity index (χ0) is 18.6. The molecule has 6 heteroatoms. The van der Waals surface area contributed by atoms with E-state index >= 15 is 0 Å². The van der Waals surface area contributed by atoms with Gasteiger partial charge in [-0.15, -0.1) is 0 Å². The van der Waals surface area contributed by atoms with E-state index in [0.717, 1.165) is 5.56 Å². The normalized spacial score (nSPS) is 11.9. The van der Waals surface area contributed by atoms with Crippen LogP contribution in [0.15, 0.2) is 42.5 Å². The molecule has 2 rings (SSSR count). The second-order valence-corrected chi connectivity index (χ2v) is 6.53. The summed E-state index contributed by atoms with van der Waals surface area (Å²) in [4.78, 5) is 25.0. The number of hydrogen-bond acceptors (Lipinski definition) is 2. The first-order valence-electron chi connectivity index (χ1n) is 7.92. The maximum Gasteiger partial charge on any atom is 0.253 e. The Morgan fingerprint density at radius 1 is 1.12 bits per heavy atom. The molecule has 0 bridgehead atoms. The van der Waals surface area contributed by atoms with Crippen molar-refractivity contribution >= 4 is 29.1 Å². The highest BCUT2D eigenvalue weighted by atomic mass is 35.5. The molecule has 0 radical (unpaired) electrons. The number of anilines is 1. The largest absolute Gasteiger partial charge is 0.340 e. The Morgan fingerprint density at radius 3 is 2.44 bits per heavy atom. The Morgan fingerprint density at radius 2 is 1.80 bits per heavy atom. The molecule has 0 aliphatic carbocycles. The van der Waals surface area contributed by atoms with Gasteiger partial charge in [-0.3, -0.25) is 9.59 Å². The summed E-state index contributed by atoms with van der Waals surface area (Å²) in [6, 6.07) is 9.98. The van der Waals surface area contributed by atoms with Gasteiger partial charge in [-0.2, -0.15) is 0 Å². The summed E-state index contributed by atoms with van der Waals surface area (Å²) in [7, 11) is 0. The summed E-state index contributed by atoms with van der Waals surface area (Å²) in [6.45, 7) is 5.40. The third kappa shape index (κ3) is 4.79. The molecule has 0 aliphatic rings. The van der Waals surface area contributed by atoms with Crippen LogP contribution in [-0.4, -0.2) is 17.9 Å². The predicted molar refractivity (Wildman–Crippen MR) is 97.3 cm³/mol. The Hall–Kier alpha value is -2.40. The lowest BCUT2D eigenvalue weighted by atomic mass is 10.0. The highest BCUT2D eigenvalue weighted by molar-refractivity contribution is 6.33. The van der Waals surface area contributed by atoms with Crippen LogP contribution in [0, 0.1) is 18.7 Å². The molecule has 2 aromatic rings. The number of amides is 2. The minimum Gasteiger partial charge on any atom is -0.340 e. The fourth-order valence-electron chi connectivity index (χ4n) is 2.34. The number of carbonyl (C=O) groups excluding carboxylic acids is 2. The average Bonchev–Trinajstić information content (AvgIpc) is 2.55. The van der Waals surface area contributed by atoms with Gasteiger partial charge in [0, 0.05) is 5.69 Å². The van der Waals surface area contributed by atoms with Gasteiger partial charge in [0.25, 0.3) is 5.91 Å². The van der Waals surface area contributed by atoms with Gasteiger partial charge in [0.2, 0.25) is 5.91 Å². The van der Waals surface area contributed by atoms with E-state index in [0.29, 0.717) is 16.3 Å². The first kappa shape index (κ1) is 18.9. The van der Waals surface area contributed by atoms with Gasteiger partial charge >= 0.3 is 0 Å². The smallest absolute Gasteiger partial charge is 0.253 e. The topological polar surface area (TPSA) is 58.2 Å². The van der Waals surface area contributed by atoms with E-state index in [2.05, 4.69) is 10.6 Å². The van der Waals surface area contributed by atoms with Crippen LogP contribution in [0.5, 0.6) is 0 Å². The molecule has 0 saturated carbocycles. The molecule has 0 heterocycles. The van der Waals surface area contributed by atoms with Crippen LogP contribution in [0.3, 0.4) is 0 Å². The van der Waals surface area contributed by atoms with E-state index in [1.165, 1.54) is 12.1 Å². The monoisotopic (exact) mass is 362 g/mol. The van der Waals surface area contributed by atoms with Gasteiger partial charge in [0.15, 0.2) is 0 Å². The van der Waals surface area contributed by atoms with E-state index in [1.54, 1.807) is 37.3 Å². The van der Waals surface area contributed by atoms with E-state index in [-0.39, 0.29) is 5.92 Å². The molecule has 2 N–H and O–H groups in total. The molecule has 2 amide bonds. The Balaban J connectivity index is 2.17. The second kappa shape index (κ2) is 8.12. The van der Waals surface area contributed by atoms with Gasteiger partial charge in [0.05, 0.1) is 10.6 Å². The Bertz CT molecular complexity index is 793. The second-order valence-electron chi connectivity index (χ2n) is 6.12. The average molecular weight is 363 g/mol. The zero-order valence-electron chi connectivity index (χ0n) is 14.3. The fourth-order valence-corrected chi connectivity index (χ4v) is 2.56. The first-order valence-corrected chi connectivity index (χ1v) is 8.29. The molecule has 0 aromatic heterocycles. The van der Waals surface area contributed by atoms with Gasteiger partial charge in [0.1, 0.15) is 11.9 Å². The molecule has 4 nitrogen and oxygen atoms in total. The minimum absolute atomic E-state index is 0.166. The number of halogens is 2. The van der Waals surface area contributed by atoms with E-state index in [4.69, 9.17) is 11.6 Å². The molecule has 25 heavy (non-hydrogen) atoms. The van der Waals surface area contributed by atoms with Gasteiger partial charge in [-0.1, -0.05) is 43.6 Å². The van der Waals surface area contributed by atoms with Crippen molar-refractivity contribution in [2.75, 3.05) is 5.32 Å². The number of nitrogens with one attached hydrogen (secondary N) is 2. The maximum absolute atomic E-state index is 13.4. The third-order valence-corrected chi connectivity index (χ3v) is 4.14. The summed E-state index contributed by atoms with van der Waals surface area (Å²) >= 11 is 6.03. The van der Waals surface area contributed by atoms with Crippen molar-refractivity contribution in [3.05, 3.63) is 64.4 Å². The van der Waals surface area contributed by atoms with Crippen molar-refractivity contribution in [2.24, 2.45) is 5.92 Å². The van der Waals surface area contributed by atoms with Gasteiger partial charge in [-0.25, -0.2) is 4.39 Å². The molecular formula is C19H20ClFN2O2. The van der Waals surface area contributed by atoms with Gasteiger partial charge in [-0.05, 0) is 42.7 Å². The van der Waals surface area contributed by atoms with Crippen LogP contribution in [0.1, 0.15) is 29.8 Å². The van der Waals surface area contributed by atoms with Crippen LogP contribution in [-0.2, 0) is 4.79 Å². The molecule has 132 valence electrons. The first-order chi connectivity index (χ1) is 11.8. The highest BCUT2D eigenvalue weighted by Gasteiger charge is 2.25. The third-order valence-electron chi connectivity index (χ3n) is 3.81. The lowest BCUT2D eigenvalue weighted by molar-refractivity contribution is -0.118. The van der Waals surface area contributed by atoms with E-state index in [9.17, 15) is 14.0 Å². The summed E-state index contributed by atoms with van der Waals surface area (Å²) in [5, 5.41) is 5.68. The SMILES string of the molecule is Cc1ccc(F)cc1NC(=O)C(NC(=O)c1ccccc1Cl)C(C)C. The quantitative estimate of drug-likeness (QED) is 0.838. The van der Waals surface area contributed by atoms with Crippen molar-refractivity contribution in [1.29, 1.82) is 0 Å². The Labute approximate surface area is 151 Å². The van der Waals surface area contributed by atoms with Crippen LogP contribution in [0.25, 0.3) is 0 Å². The van der Waals surface area contributed by atoms with Crippen molar-refractivity contribution in [3.8, 4) is 0 Å². The lowest BCUT2D eigenvalue weighted by Gasteiger charge is -2.22.